The minimum absolute atomic E-state index is 0.520. The average Bonchev–Trinajstić information content (AvgIpc) is 2.79. The lowest BCUT2D eigenvalue weighted by Gasteiger charge is -2.30. The maximum absolute atomic E-state index is 6.10. The van der Waals surface area contributed by atoms with Crippen LogP contribution in [0.2, 0.25) is 0 Å². The number of hydrogen-bond acceptors (Lipinski definition) is 3. The lowest BCUT2D eigenvalue weighted by molar-refractivity contribution is 0.415. The van der Waals surface area contributed by atoms with Gasteiger partial charge in [0.1, 0.15) is 5.75 Å². The molecule has 2 N–H and O–H groups in total. The summed E-state index contributed by atoms with van der Waals surface area (Å²) in [6.45, 7) is 0.868. The highest BCUT2D eigenvalue weighted by Gasteiger charge is 2.26. The van der Waals surface area contributed by atoms with Gasteiger partial charge in [0.25, 0.3) is 0 Å². The van der Waals surface area contributed by atoms with Crippen molar-refractivity contribution in [2.24, 2.45) is 0 Å². The predicted molar refractivity (Wildman–Crippen MR) is 83.6 cm³/mol. The first-order chi connectivity index (χ1) is 10.3. The van der Waals surface area contributed by atoms with Crippen LogP contribution in [0.15, 0.2) is 42.5 Å². The summed E-state index contributed by atoms with van der Waals surface area (Å²) in [6, 6.07) is 14.5. The van der Waals surface area contributed by atoms with Crippen molar-refractivity contribution >= 4 is 17.0 Å². The summed E-state index contributed by atoms with van der Waals surface area (Å²) in [6.07, 6.45) is 1.11. The van der Waals surface area contributed by atoms with Crippen molar-refractivity contribution < 1.29 is 4.74 Å². The zero-order valence-corrected chi connectivity index (χ0v) is 11.9. The van der Waals surface area contributed by atoms with Crippen molar-refractivity contribution in [3.63, 3.8) is 0 Å². The minimum atomic E-state index is 0.520. The van der Waals surface area contributed by atoms with Gasteiger partial charge in [-0.15, -0.1) is 0 Å². The molecule has 1 aromatic heterocycles. The quantitative estimate of drug-likeness (QED) is 0.802. The van der Waals surface area contributed by atoms with Crippen LogP contribution in [0.5, 0.6) is 5.75 Å². The van der Waals surface area contributed by atoms with Crippen molar-refractivity contribution in [1.29, 1.82) is 0 Å². The van der Waals surface area contributed by atoms with Gasteiger partial charge in [0.15, 0.2) is 0 Å². The van der Waals surface area contributed by atoms with Crippen LogP contribution in [0.1, 0.15) is 17.0 Å². The second-order valence-electron chi connectivity index (χ2n) is 5.54. The van der Waals surface area contributed by atoms with Crippen molar-refractivity contribution in [1.82, 2.24) is 9.55 Å². The van der Waals surface area contributed by atoms with Crippen molar-refractivity contribution in [3.8, 4) is 5.75 Å². The highest BCUT2D eigenvalue weighted by Crippen LogP contribution is 2.37. The van der Waals surface area contributed by atoms with Gasteiger partial charge in [0.05, 0.1) is 18.1 Å². The second-order valence-corrected chi connectivity index (χ2v) is 5.54. The zero-order chi connectivity index (χ0) is 14.4. The Bertz CT molecular complexity index is 822. The molecule has 1 unspecified atom stereocenters. The van der Waals surface area contributed by atoms with Gasteiger partial charge in [0.2, 0.25) is 5.95 Å². The molecule has 0 radical (unpaired) electrons. The molecule has 1 atom stereocenters. The molecule has 1 aliphatic rings. The molecular weight excluding hydrogens is 262 g/mol. The van der Waals surface area contributed by atoms with E-state index in [1.165, 1.54) is 11.1 Å². The molecule has 1 aliphatic carbocycles. The van der Waals surface area contributed by atoms with Gasteiger partial charge < -0.3 is 15.0 Å². The summed E-state index contributed by atoms with van der Waals surface area (Å²) in [5.41, 5.74) is 10.9. The maximum Gasteiger partial charge on any atom is 0.201 e. The summed E-state index contributed by atoms with van der Waals surface area (Å²) < 4.78 is 7.40. The molecule has 0 amide bonds. The third kappa shape index (κ3) is 1.87. The predicted octanol–water partition coefficient (Wildman–Crippen LogP) is 2.97. The van der Waals surface area contributed by atoms with E-state index < -0.39 is 0 Å². The zero-order valence-electron chi connectivity index (χ0n) is 11.9. The van der Waals surface area contributed by atoms with Gasteiger partial charge in [0, 0.05) is 18.5 Å². The first kappa shape index (κ1) is 12.3. The molecule has 4 nitrogen and oxygen atoms in total. The Hall–Kier alpha value is -2.49. The maximum atomic E-state index is 6.10. The Morgan fingerprint density at radius 2 is 2.14 bits per heavy atom. The third-order valence-corrected chi connectivity index (χ3v) is 4.35. The van der Waals surface area contributed by atoms with Crippen LogP contribution in [0.3, 0.4) is 0 Å². The largest absolute Gasteiger partial charge is 0.497 e. The summed E-state index contributed by atoms with van der Waals surface area (Å²) in [5.74, 6) is 1.92. The number of methoxy groups -OCH3 is 1. The third-order valence-electron chi connectivity index (χ3n) is 4.35. The van der Waals surface area contributed by atoms with Crippen LogP contribution in [0, 0.1) is 0 Å². The van der Waals surface area contributed by atoms with E-state index >= 15 is 0 Å². The normalized spacial score (nSPS) is 16.5. The molecule has 1 heterocycles. The Morgan fingerprint density at radius 3 is 2.95 bits per heavy atom. The summed E-state index contributed by atoms with van der Waals surface area (Å²) in [4.78, 5) is 4.44. The van der Waals surface area contributed by atoms with E-state index in [0.29, 0.717) is 11.9 Å². The lowest BCUT2D eigenvalue weighted by Crippen LogP contribution is -2.22. The van der Waals surface area contributed by atoms with Crippen LogP contribution < -0.4 is 10.5 Å². The SMILES string of the molecule is COc1ccc2nc(N)n(CC3Cc4ccccc43)c2c1. The first-order valence-corrected chi connectivity index (χ1v) is 7.14. The number of fused-ring (bicyclic) bond motifs is 2. The molecule has 0 saturated carbocycles. The molecule has 106 valence electrons. The van der Waals surface area contributed by atoms with E-state index in [4.69, 9.17) is 10.5 Å². The van der Waals surface area contributed by atoms with E-state index in [1.54, 1.807) is 7.11 Å². The van der Waals surface area contributed by atoms with Crippen LogP contribution >= 0.6 is 0 Å². The lowest BCUT2D eigenvalue weighted by atomic mass is 9.77. The molecule has 0 aliphatic heterocycles. The fraction of sp³-hybridized carbons (Fsp3) is 0.235. The Labute approximate surface area is 123 Å². The number of nitrogens with two attached hydrogens (primary N) is 1. The summed E-state index contributed by atoms with van der Waals surface area (Å²) >= 11 is 0. The molecule has 0 saturated heterocycles. The molecule has 4 heteroatoms. The standard InChI is InChI=1S/C17H17N3O/c1-21-13-6-7-15-16(9-13)20(17(18)19-15)10-12-8-11-4-2-3-5-14(11)12/h2-7,9,12H,8,10H2,1H3,(H2,18,19). The Kier molecular flexibility index (Phi) is 2.64. The molecule has 0 bridgehead atoms. The number of ether oxygens (including phenoxy) is 1. The molecule has 21 heavy (non-hydrogen) atoms. The van der Waals surface area contributed by atoms with Crippen molar-refractivity contribution in [3.05, 3.63) is 53.6 Å². The van der Waals surface area contributed by atoms with Crippen molar-refractivity contribution in [2.45, 2.75) is 18.9 Å². The summed E-state index contributed by atoms with van der Waals surface area (Å²) in [7, 11) is 1.67. The van der Waals surface area contributed by atoms with Crippen LogP contribution in [-0.4, -0.2) is 16.7 Å². The Balaban J connectivity index is 1.72. The Morgan fingerprint density at radius 1 is 1.29 bits per heavy atom. The molecule has 3 aromatic rings. The number of nitrogens with zero attached hydrogens (tertiary/aromatic N) is 2. The number of imidazole rings is 1. The van der Waals surface area contributed by atoms with Crippen LogP contribution in [0.4, 0.5) is 5.95 Å². The number of rotatable bonds is 3. The van der Waals surface area contributed by atoms with E-state index in [0.717, 1.165) is 29.7 Å². The van der Waals surface area contributed by atoms with Crippen molar-refractivity contribution in [2.75, 3.05) is 12.8 Å². The highest BCUT2D eigenvalue weighted by molar-refractivity contribution is 5.80. The van der Waals surface area contributed by atoms with Crippen LogP contribution in [0.25, 0.3) is 11.0 Å². The van der Waals surface area contributed by atoms with Gasteiger partial charge in [-0.3, -0.25) is 0 Å². The fourth-order valence-corrected chi connectivity index (χ4v) is 3.19. The molecule has 2 aromatic carbocycles. The molecule has 0 fully saturated rings. The van der Waals surface area contributed by atoms with Gasteiger partial charge in [-0.05, 0) is 29.7 Å². The summed E-state index contributed by atoms with van der Waals surface area (Å²) in [5, 5.41) is 0. The molecular formula is C17H17N3O. The van der Waals surface area contributed by atoms with E-state index in [1.807, 2.05) is 18.2 Å². The van der Waals surface area contributed by atoms with Gasteiger partial charge in [-0.1, -0.05) is 24.3 Å². The smallest absolute Gasteiger partial charge is 0.201 e. The minimum Gasteiger partial charge on any atom is -0.497 e. The van der Waals surface area contributed by atoms with E-state index in [9.17, 15) is 0 Å². The van der Waals surface area contributed by atoms with Gasteiger partial charge >= 0.3 is 0 Å². The molecule has 0 spiro atoms. The number of anilines is 1. The number of nitrogen functional groups attached to an aromatic ring is 1. The van der Waals surface area contributed by atoms with E-state index in [-0.39, 0.29) is 0 Å². The number of hydrogen-bond donors (Lipinski definition) is 1. The molecule has 4 rings (SSSR count). The van der Waals surface area contributed by atoms with Gasteiger partial charge in [-0.2, -0.15) is 0 Å². The second kappa shape index (κ2) is 4.52. The topological polar surface area (TPSA) is 53.1 Å². The highest BCUT2D eigenvalue weighted by atomic mass is 16.5. The number of benzene rings is 2. The van der Waals surface area contributed by atoms with Crippen LogP contribution in [-0.2, 0) is 13.0 Å². The van der Waals surface area contributed by atoms with Gasteiger partial charge in [-0.25, -0.2) is 4.98 Å². The number of aromatic nitrogens is 2. The average molecular weight is 279 g/mol. The monoisotopic (exact) mass is 279 g/mol. The fourth-order valence-electron chi connectivity index (χ4n) is 3.19. The van der Waals surface area contributed by atoms with E-state index in [2.05, 4.69) is 33.8 Å². The first-order valence-electron chi connectivity index (χ1n) is 7.14.